The van der Waals surface area contributed by atoms with Gasteiger partial charge in [0.1, 0.15) is 5.57 Å². The molecule has 0 bridgehead atoms. The first-order valence-electron chi connectivity index (χ1n) is 6.83. The predicted octanol–water partition coefficient (Wildman–Crippen LogP) is 3.41. The predicted molar refractivity (Wildman–Crippen MR) is 81.7 cm³/mol. The Morgan fingerprint density at radius 3 is 2.38 bits per heavy atom. The Bertz CT molecular complexity index is 568. The van der Waals surface area contributed by atoms with Gasteiger partial charge in [0.15, 0.2) is 0 Å². The summed E-state index contributed by atoms with van der Waals surface area (Å²) in [5, 5.41) is 0. The average molecular weight is 306 g/mol. The van der Waals surface area contributed by atoms with E-state index in [9.17, 15) is 9.59 Å². The lowest BCUT2D eigenvalue weighted by Gasteiger charge is -2.29. The van der Waals surface area contributed by atoms with Crippen molar-refractivity contribution in [2.75, 3.05) is 5.75 Å². The lowest BCUT2D eigenvalue weighted by Crippen LogP contribution is -2.41. The second-order valence-corrected chi connectivity index (χ2v) is 6.26. The highest BCUT2D eigenvalue weighted by molar-refractivity contribution is 7.99. The number of hydrogen-bond acceptors (Lipinski definition) is 5. The van der Waals surface area contributed by atoms with Crippen LogP contribution >= 0.6 is 11.8 Å². The fraction of sp³-hybridized carbons (Fsp3) is 0.375. The average Bonchev–Trinajstić information content (AvgIpc) is 2.40. The minimum Gasteiger partial charge on any atom is -0.419 e. The van der Waals surface area contributed by atoms with Crippen molar-refractivity contribution in [3.63, 3.8) is 0 Å². The molecule has 0 saturated carbocycles. The standard InChI is InChI=1S/C16H18O4S/c1-4-9-21-13-8-6-5-7-11(13)10-12-14(17)19-16(2,3)20-15(12)18/h5-8,10H,4,9H2,1-3H3. The monoisotopic (exact) mass is 306 g/mol. The Balaban J connectivity index is 2.31. The van der Waals surface area contributed by atoms with Crippen molar-refractivity contribution in [2.45, 2.75) is 37.9 Å². The number of ether oxygens (including phenoxy) is 2. The number of carbonyl (C=O) groups is 2. The number of hydrogen-bond donors (Lipinski definition) is 0. The molecule has 2 rings (SSSR count). The summed E-state index contributed by atoms with van der Waals surface area (Å²) in [5.74, 6) is -1.53. The van der Waals surface area contributed by atoms with Gasteiger partial charge in [-0.2, -0.15) is 0 Å². The molecule has 5 heteroatoms. The van der Waals surface area contributed by atoms with Gasteiger partial charge < -0.3 is 9.47 Å². The van der Waals surface area contributed by atoms with Crippen molar-refractivity contribution in [3.05, 3.63) is 35.4 Å². The van der Waals surface area contributed by atoms with Crippen LogP contribution in [-0.2, 0) is 19.1 Å². The summed E-state index contributed by atoms with van der Waals surface area (Å²) in [6.45, 7) is 5.17. The van der Waals surface area contributed by atoms with Gasteiger partial charge in [-0.1, -0.05) is 25.1 Å². The summed E-state index contributed by atoms with van der Waals surface area (Å²) in [4.78, 5) is 24.9. The molecule has 0 unspecified atom stereocenters. The van der Waals surface area contributed by atoms with Crippen LogP contribution < -0.4 is 0 Å². The van der Waals surface area contributed by atoms with Crippen LogP contribution in [-0.4, -0.2) is 23.5 Å². The van der Waals surface area contributed by atoms with Gasteiger partial charge in [0, 0.05) is 18.7 Å². The number of cyclic esters (lactones) is 2. The second kappa shape index (κ2) is 6.35. The zero-order valence-electron chi connectivity index (χ0n) is 12.3. The normalized spacial score (nSPS) is 17.2. The van der Waals surface area contributed by atoms with E-state index in [0.717, 1.165) is 22.6 Å². The topological polar surface area (TPSA) is 52.6 Å². The van der Waals surface area contributed by atoms with Crippen molar-refractivity contribution in [3.8, 4) is 0 Å². The first-order chi connectivity index (χ1) is 9.93. The molecule has 1 aliphatic rings. The van der Waals surface area contributed by atoms with E-state index in [1.165, 1.54) is 19.9 Å². The Hall–Kier alpha value is -1.75. The molecular formula is C16H18O4S. The van der Waals surface area contributed by atoms with Crippen LogP contribution in [0.4, 0.5) is 0 Å². The van der Waals surface area contributed by atoms with Gasteiger partial charge in [-0.3, -0.25) is 0 Å². The van der Waals surface area contributed by atoms with Gasteiger partial charge in [0.25, 0.3) is 5.79 Å². The van der Waals surface area contributed by atoms with E-state index in [1.807, 2.05) is 24.3 Å². The summed E-state index contributed by atoms with van der Waals surface area (Å²) >= 11 is 1.69. The second-order valence-electron chi connectivity index (χ2n) is 5.12. The molecule has 1 aromatic rings. The molecule has 0 amide bonds. The van der Waals surface area contributed by atoms with E-state index in [-0.39, 0.29) is 5.57 Å². The molecule has 0 aromatic heterocycles. The quantitative estimate of drug-likeness (QED) is 0.369. The van der Waals surface area contributed by atoms with Gasteiger partial charge in [-0.25, -0.2) is 9.59 Å². The van der Waals surface area contributed by atoms with Crippen LogP contribution in [0.5, 0.6) is 0 Å². The van der Waals surface area contributed by atoms with Crippen molar-refractivity contribution in [2.24, 2.45) is 0 Å². The molecule has 0 aliphatic carbocycles. The molecule has 112 valence electrons. The highest BCUT2D eigenvalue weighted by atomic mass is 32.2. The Morgan fingerprint density at radius 2 is 1.76 bits per heavy atom. The van der Waals surface area contributed by atoms with Gasteiger partial charge >= 0.3 is 11.9 Å². The fourth-order valence-corrected chi connectivity index (χ4v) is 2.77. The number of carbonyl (C=O) groups excluding carboxylic acids is 2. The SMILES string of the molecule is CCCSc1ccccc1C=C1C(=O)OC(C)(C)OC1=O. The van der Waals surface area contributed by atoms with Gasteiger partial charge in [0.2, 0.25) is 0 Å². The molecule has 1 aliphatic heterocycles. The van der Waals surface area contributed by atoms with E-state index >= 15 is 0 Å². The number of thioether (sulfide) groups is 1. The summed E-state index contributed by atoms with van der Waals surface area (Å²) in [6, 6.07) is 7.63. The van der Waals surface area contributed by atoms with Crippen LogP contribution in [0.3, 0.4) is 0 Å². The first kappa shape index (κ1) is 15.6. The van der Waals surface area contributed by atoms with Crippen LogP contribution in [0.25, 0.3) is 6.08 Å². The van der Waals surface area contributed by atoms with E-state index in [4.69, 9.17) is 9.47 Å². The molecular weight excluding hydrogens is 288 g/mol. The number of rotatable bonds is 4. The highest BCUT2D eigenvalue weighted by Gasteiger charge is 2.38. The van der Waals surface area contributed by atoms with E-state index < -0.39 is 17.7 Å². The lowest BCUT2D eigenvalue weighted by molar-refractivity contribution is -0.222. The molecule has 0 spiro atoms. The highest BCUT2D eigenvalue weighted by Crippen LogP contribution is 2.28. The maximum Gasteiger partial charge on any atom is 0.348 e. The smallest absolute Gasteiger partial charge is 0.348 e. The first-order valence-corrected chi connectivity index (χ1v) is 7.81. The van der Waals surface area contributed by atoms with Crippen LogP contribution in [0, 0.1) is 0 Å². The van der Waals surface area contributed by atoms with Crippen molar-refractivity contribution in [1.29, 1.82) is 0 Å². The minimum absolute atomic E-state index is 0.0705. The number of esters is 2. The molecule has 1 heterocycles. The largest absolute Gasteiger partial charge is 0.419 e. The molecule has 0 atom stereocenters. The maximum absolute atomic E-state index is 12.0. The Morgan fingerprint density at radius 1 is 1.14 bits per heavy atom. The van der Waals surface area contributed by atoms with Crippen LogP contribution in [0.2, 0.25) is 0 Å². The van der Waals surface area contributed by atoms with E-state index in [0.29, 0.717) is 0 Å². The third kappa shape index (κ3) is 3.88. The molecule has 1 fully saturated rings. The maximum atomic E-state index is 12.0. The molecule has 21 heavy (non-hydrogen) atoms. The summed E-state index contributed by atoms with van der Waals surface area (Å²) < 4.78 is 10.2. The molecule has 4 nitrogen and oxygen atoms in total. The van der Waals surface area contributed by atoms with E-state index in [2.05, 4.69) is 6.92 Å². The van der Waals surface area contributed by atoms with Gasteiger partial charge in [0.05, 0.1) is 0 Å². The lowest BCUT2D eigenvalue weighted by atomic mass is 10.1. The molecule has 0 N–H and O–H groups in total. The van der Waals surface area contributed by atoms with Gasteiger partial charge in [-0.15, -0.1) is 11.8 Å². The third-order valence-corrected chi connectivity index (χ3v) is 4.09. The zero-order chi connectivity index (χ0) is 15.5. The van der Waals surface area contributed by atoms with Gasteiger partial charge in [-0.05, 0) is 29.9 Å². The molecule has 0 radical (unpaired) electrons. The van der Waals surface area contributed by atoms with Crippen LogP contribution in [0.15, 0.2) is 34.7 Å². The van der Waals surface area contributed by atoms with Crippen molar-refractivity contribution in [1.82, 2.24) is 0 Å². The molecule has 1 aromatic carbocycles. The van der Waals surface area contributed by atoms with Crippen molar-refractivity contribution < 1.29 is 19.1 Å². The van der Waals surface area contributed by atoms with E-state index in [1.54, 1.807) is 11.8 Å². The van der Waals surface area contributed by atoms with Crippen molar-refractivity contribution >= 4 is 29.8 Å². The third-order valence-electron chi connectivity index (χ3n) is 2.80. The summed E-state index contributed by atoms with van der Waals surface area (Å²) in [6.07, 6.45) is 2.59. The Kier molecular flexibility index (Phi) is 4.73. The minimum atomic E-state index is -1.21. The van der Waals surface area contributed by atoms with Crippen LogP contribution in [0.1, 0.15) is 32.8 Å². The zero-order valence-corrected chi connectivity index (χ0v) is 13.2. The Labute approximate surface area is 128 Å². The summed E-state index contributed by atoms with van der Waals surface area (Å²) in [7, 11) is 0. The summed E-state index contributed by atoms with van der Waals surface area (Å²) in [5.41, 5.74) is 0.749. The number of benzene rings is 1. The molecule has 1 saturated heterocycles. The fourth-order valence-electron chi connectivity index (χ4n) is 1.88.